The minimum atomic E-state index is -4.40. The van der Waals surface area contributed by atoms with Gasteiger partial charge in [0.2, 0.25) is 0 Å². The van der Waals surface area contributed by atoms with Crippen molar-refractivity contribution in [1.82, 2.24) is 0 Å². The van der Waals surface area contributed by atoms with Crippen LogP contribution in [0.3, 0.4) is 0 Å². The quantitative estimate of drug-likeness (QED) is 0.163. The van der Waals surface area contributed by atoms with E-state index in [-0.39, 0.29) is 11.1 Å². The van der Waals surface area contributed by atoms with Gasteiger partial charge >= 0.3 is 6.11 Å². The molecule has 0 amide bonds. The molecular formula is C28H17ClF8O. The van der Waals surface area contributed by atoms with Crippen LogP contribution in [0, 0.1) is 34.9 Å². The molecule has 198 valence electrons. The van der Waals surface area contributed by atoms with Gasteiger partial charge in [-0.2, -0.15) is 8.78 Å². The maximum Gasteiger partial charge on any atom is 0.431 e. The number of aryl methyl sites for hydroxylation is 1. The van der Waals surface area contributed by atoms with E-state index in [0.29, 0.717) is 36.2 Å². The van der Waals surface area contributed by atoms with Crippen molar-refractivity contribution in [2.45, 2.75) is 25.9 Å². The molecule has 4 aromatic rings. The summed E-state index contributed by atoms with van der Waals surface area (Å²) in [6, 6.07) is 9.19. The lowest BCUT2D eigenvalue weighted by Gasteiger charge is -2.21. The van der Waals surface area contributed by atoms with Crippen molar-refractivity contribution in [3.63, 3.8) is 0 Å². The van der Waals surface area contributed by atoms with Crippen LogP contribution < -0.4 is 4.74 Å². The molecule has 38 heavy (non-hydrogen) atoms. The third kappa shape index (κ3) is 5.48. The van der Waals surface area contributed by atoms with Crippen molar-refractivity contribution in [2.24, 2.45) is 0 Å². The zero-order valence-corrected chi connectivity index (χ0v) is 20.3. The molecule has 0 saturated carbocycles. The van der Waals surface area contributed by atoms with Crippen LogP contribution in [0.2, 0.25) is 5.02 Å². The number of ether oxygens (including phenoxy) is 1. The second-order valence-electron chi connectivity index (χ2n) is 8.39. The highest BCUT2D eigenvalue weighted by Crippen LogP contribution is 2.41. The Morgan fingerprint density at radius 2 is 1.24 bits per heavy atom. The van der Waals surface area contributed by atoms with Gasteiger partial charge in [0.15, 0.2) is 17.5 Å². The molecule has 0 heterocycles. The van der Waals surface area contributed by atoms with Crippen LogP contribution in [-0.4, -0.2) is 0 Å². The van der Waals surface area contributed by atoms with E-state index in [1.165, 1.54) is 12.1 Å². The van der Waals surface area contributed by atoms with Gasteiger partial charge in [-0.05, 0) is 65.6 Å². The van der Waals surface area contributed by atoms with Crippen LogP contribution in [-0.2, 0) is 12.5 Å². The van der Waals surface area contributed by atoms with Gasteiger partial charge in [0, 0.05) is 17.2 Å². The van der Waals surface area contributed by atoms with E-state index >= 15 is 0 Å². The summed E-state index contributed by atoms with van der Waals surface area (Å²) in [5.41, 5.74) is -1.60. The van der Waals surface area contributed by atoms with Crippen LogP contribution >= 0.6 is 11.6 Å². The Bertz CT molecular complexity index is 1470. The summed E-state index contributed by atoms with van der Waals surface area (Å²) in [6.07, 6.45) is -3.00. The number of hydrogen-bond donors (Lipinski definition) is 0. The first kappa shape index (κ1) is 27.4. The van der Waals surface area contributed by atoms with Gasteiger partial charge in [-0.25, -0.2) is 26.3 Å². The average molecular weight is 557 g/mol. The Kier molecular flexibility index (Phi) is 7.69. The van der Waals surface area contributed by atoms with Gasteiger partial charge in [-0.15, -0.1) is 0 Å². The minimum Gasteiger partial charge on any atom is -0.429 e. The number of alkyl halides is 2. The lowest BCUT2D eigenvalue weighted by atomic mass is 9.99. The van der Waals surface area contributed by atoms with Crippen LogP contribution in [0.15, 0.2) is 60.7 Å². The number of hydrogen-bond acceptors (Lipinski definition) is 1. The second-order valence-corrected chi connectivity index (χ2v) is 8.80. The van der Waals surface area contributed by atoms with Crippen LogP contribution in [0.25, 0.3) is 22.3 Å². The molecule has 0 unspecified atom stereocenters. The van der Waals surface area contributed by atoms with E-state index in [1.807, 2.05) is 6.92 Å². The van der Waals surface area contributed by atoms with E-state index in [1.54, 1.807) is 6.07 Å². The third-order valence-electron chi connectivity index (χ3n) is 5.70. The summed E-state index contributed by atoms with van der Waals surface area (Å²) in [6.45, 7) is 1.92. The van der Waals surface area contributed by atoms with Crippen LogP contribution in [0.1, 0.15) is 24.5 Å². The number of halogens is 9. The van der Waals surface area contributed by atoms with Crippen molar-refractivity contribution in [3.05, 3.63) is 112 Å². The average Bonchev–Trinajstić information content (AvgIpc) is 2.81. The minimum absolute atomic E-state index is 0.0484. The molecule has 0 radical (unpaired) electrons. The second kappa shape index (κ2) is 10.6. The molecule has 4 aromatic carbocycles. The van der Waals surface area contributed by atoms with E-state index in [2.05, 4.69) is 4.74 Å². The SMILES string of the molecule is CCCc1ccc(-c2cc(F)c(C(F)(F)Oc3ccc(-c4cc(F)c(F)c(F)c4)c(F)c3)c(Cl)c2)c(F)c1. The number of rotatable bonds is 7. The lowest BCUT2D eigenvalue weighted by Crippen LogP contribution is -2.24. The lowest BCUT2D eigenvalue weighted by molar-refractivity contribution is -0.187. The third-order valence-corrected chi connectivity index (χ3v) is 6.00. The van der Waals surface area contributed by atoms with Crippen LogP contribution in [0.4, 0.5) is 35.1 Å². The van der Waals surface area contributed by atoms with Crippen molar-refractivity contribution in [2.75, 3.05) is 0 Å². The fraction of sp³-hybridized carbons (Fsp3) is 0.143. The zero-order valence-electron chi connectivity index (χ0n) is 19.5. The molecule has 0 spiro atoms. The van der Waals surface area contributed by atoms with Crippen molar-refractivity contribution in [1.29, 1.82) is 0 Å². The largest absolute Gasteiger partial charge is 0.431 e. The molecule has 0 aliphatic carbocycles. The predicted molar refractivity (Wildman–Crippen MR) is 127 cm³/mol. The highest BCUT2D eigenvalue weighted by atomic mass is 35.5. The fourth-order valence-corrected chi connectivity index (χ4v) is 4.26. The summed E-state index contributed by atoms with van der Waals surface area (Å²) in [4.78, 5) is 0. The first-order chi connectivity index (χ1) is 17.9. The molecule has 10 heteroatoms. The monoisotopic (exact) mass is 556 g/mol. The summed E-state index contributed by atoms with van der Waals surface area (Å²) in [5.74, 6) is -9.07. The maximum absolute atomic E-state index is 14.9. The maximum atomic E-state index is 14.9. The molecule has 0 fully saturated rings. The first-order valence-electron chi connectivity index (χ1n) is 11.2. The smallest absolute Gasteiger partial charge is 0.429 e. The molecule has 1 nitrogen and oxygen atoms in total. The first-order valence-corrected chi connectivity index (χ1v) is 11.6. The Hall–Kier alpha value is -3.59. The molecule has 0 aliphatic heterocycles. The zero-order chi connectivity index (χ0) is 27.8. The molecule has 0 atom stereocenters. The van der Waals surface area contributed by atoms with Gasteiger partial charge in [0.1, 0.15) is 28.8 Å². The van der Waals surface area contributed by atoms with E-state index in [0.717, 1.165) is 24.6 Å². The molecule has 0 N–H and O–H groups in total. The summed E-state index contributed by atoms with van der Waals surface area (Å²) in [5, 5.41) is -0.767. The summed E-state index contributed by atoms with van der Waals surface area (Å²) in [7, 11) is 0. The molecule has 0 aromatic heterocycles. The van der Waals surface area contributed by atoms with Crippen molar-refractivity contribution in [3.8, 4) is 28.0 Å². The van der Waals surface area contributed by atoms with E-state index in [9.17, 15) is 35.1 Å². The summed E-state index contributed by atoms with van der Waals surface area (Å²) < 4.78 is 119. The highest BCUT2D eigenvalue weighted by Gasteiger charge is 2.40. The van der Waals surface area contributed by atoms with Gasteiger partial charge in [-0.1, -0.05) is 37.1 Å². The topological polar surface area (TPSA) is 9.23 Å². The van der Waals surface area contributed by atoms with Gasteiger partial charge < -0.3 is 4.74 Å². The van der Waals surface area contributed by atoms with Crippen LogP contribution in [0.5, 0.6) is 5.75 Å². The molecule has 0 bridgehead atoms. The molecular weight excluding hydrogens is 540 g/mol. The van der Waals surface area contributed by atoms with E-state index < -0.39 is 68.5 Å². The van der Waals surface area contributed by atoms with Crippen molar-refractivity contribution < 1.29 is 39.9 Å². The molecule has 4 rings (SSSR count). The normalized spacial score (nSPS) is 11.6. The van der Waals surface area contributed by atoms with Gasteiger partial charge in [0.25, 0.3) is 0 Å². The molecule has 0 aliphatic rings. The predicted octanol–water partition coefficient (Wildman–Crippen LogP) is 9.59. The van der Waals surface area contributed by atoms with Gasteiger partial charge in [-0.3, -0.25) is 0 Å². The van der Waals surface area contributed by atoms with Gasteiger partial charge in [0.05, 0.1) is 5.02 Å². The Labute approximate surface area is 217 Å². The van der Waals surface area contributed by atoms with E-state index in [4.69, 9.17) is 11.6 Å². The Balaban J connectivity index is 1.63. The fourth-order valence-electron chi connectivity index (χ4n) is 3.95. The summed E-state index contributed by atoms with van der Waals surface area (Å²) >= 11 is 5.95. The Morgan fingerprint density at radius 3 is 1.79 bits per heavy atom. The molecule has 0 saturated heterocycles. The highest BCUT2D eigenvalue weighted by molar-refractivity contribution is 6.31. The Morgan fingerprint density at radius 1 is 0.684 bits per heavy atom. The van der Waals surface area contributed by atoms with Crippen molar-refractivity contribution >= 4 is 11.6 Å². The standard InChI is InChI=1S/C28H17ClF8O/c1-2-3-14-4-6-18(21(30)8-14)15-9-20(29)26(23(32)10-15)28(36,37)38-17-5-7-19(22(31)13-17)16-11-24(33)27(35)25(34)12-16/h4-13H,2-3H2,1H3. The number of benzene rings is 4.